The van der Waals surface area contributed by atoms with Gasteiger partial charge in [0.15, 0.2) is 5.82 Å². The first kappa shape index (κ1) is 18.9. The van der Waals surface area contributed by atoms with Crippen LogP contribution >= 0.6 is 0 Å². The fraction of sp³-hybridized carbons (Fsp3) is 0.474. The number of amides is 2. The number of carbonyl (C=O) groups is 2. The van der Waals surface area contributed by atoms with Crippen LogP contribution in [0.4, 0.5) is 4.79 Å². The molecular formula is C19H25N5O3. The van der Waals surface area contributed by atoms with E-state index in [0.29, 0.717) is 32.2 Å². The van der Waals surface area contributed by atoms with Gasteiger partial charge in [-0.25, -0.2) is 14.5 Å². The van der Waals surface area contributed by atoms with E-state index in [-0.39, 0.29) is 18.0 Å². The fourth-order valence-corrected chi connectivity index (χ4v) is 3.41. The van der Waals surface area contributed by atoms with Crippen molar-refractivity contribution in [2.45, 2.75) is 52.1 Å². The maximum Gasteiger partial charge on any atom is 0.315 e. The number of pyridine rings is 1. The summed E-state index contributed by atoms with van der Waals surface area (Å²) in [4.78, 5) is 27.4. The number of carboxylic acids is 1. The number of nitrogens with zero attached hydrogens (tertiary/aromatic N) is 3. The summed E-state index contributed by atoms with van der Waals surface area (Å²) in [6.45, 7) is 4.29. The molecule has 0 atom stereocenters. The zero-order chi connectivity index (χ0) is 19.4. The highest BCUT2D eigenvalue weighted by molar-refractivity contribution is 5.74. The first-order valence-corrected chi connectivity index (χ1v) is 9.18. The molecule has 0 unspecified atom stereocenters. The van der Waals surface area contributed by atoms with E-state index in [2.05, 4.69) is 20.7 Å². The van der Waals surface area contributed by atoms with Crippen LogP contribution in [0.15, 0.2) is 24.4 Å². The third kappa shape index (κ3) is 4.84. The molecule has 2 aromatic heterocycles. The lowest BCUT2D eigenvalue weighted by Gasteiger charge is -2.26. The highest BCUT2D eigenvalue weighted by Crippen LogP contribution is 2.24. The van der Waals surface area contributed by atoms with Crippen LogP contribution in [0.2, 0.25) is 0 Å². The van der Waals surface area contributed by atoms with E-state index in [9.17, 15) is 9.59 Å². The number of carboxylic acid groups (broad SMARTS) is 1. The second kappa shape index (κ2) is 8.20. The molecule has 3 N–H and O–H groups in total. The number of aromatic nitrogens is 3. The van der Waals surface area contributed by atoms with Crippen molar-refractivity contribution >= 4 is 12.0 Å². The van der Waals surface area contributed by atoms with E-state index in [1.54, 1.807) is 10.9 Å². The van der Waals surface area contributed by atoms with Gasteiger partial charge in [0.1, 0.15) is 0 Å². The zero-order valence-corrected chi connectivity index (χ0v) is 15.6. The van der Waals surface area contributed by atoms with Gasteiger partial charge in [0.05, 0.1) is 11.6 Å². The predicted octanol–water partition coefficient (Wildman–Crippen LogP) is 2.33. The van der Waals surface area contributed by atoms with Crippen molar-refractivity contribution < 1.29 is 14.7 Å². The molecule has 1 fully saturated rings. The summed E-state index contributed by atoms with van der Waals surface area (Å²) in [6.07, 6.45) is 4.34. The lowest BCUT2D eigenvalue weighted by atomic mass is 9.86. The van der Waals surface area contributed by atoms with Crippen LogP contribution in [-0.2, 0) is 11.3 Å². The molecule has 0 radical (unpaired) electrons. The van der Waals surface area contributed by atoms with Crippen LogP contribution in [-0.4, -0.2) is 37.9 Å². The van der Waals surface area contributed by atoms with Gasteiger partial charge in [-0.3, -0.25) is 4.79 Å². The lowest BCUT2D eigenvalue weighted by Crippen LogP contribution is -2.43. The number of hydrogen-bond acceptors (Lipinski definition) is 4. The summed E-state index contributed by atoms with van der Waals surface area (Å²) in [5.41, 5.74) is 2.85. The minimum Gasteiger partial charge on any atom is -0.481 e. The average Bonchev–Trinajstić information content (AvgIpc) is 2.99. The third-order valence-corrected chi connectivity index (χ3v) is 4.90. The van der Waals surface area contributed by atoms with E-state index in [4.69, 9.17) is 5.11 Å². The highest BCUT2D eigenvalue weighted by Gasteiger charge is 2.26. The molecule has 1 aliphatic rings. The first-order valence-electron chi connectivity index (χ1n) is 9.18. The van der Waals surface area contributed by atoms with E-state index >= 15 is 0 Å². The van der Waals surface area contributed by atoms with E-state index in [1.807, 2.05) is 32.0 Å². The van der Waals surface area contributed by atoms with Crippen molar-refractivity contribution in [2.24, 2.45) is 5.92 Å². The molecule has 1 aliphatic carbocycles. The van der Waals surface area contributed by atoms with Crippen LogP contribution in [0.1, 0.15) is 42.6 Å². The maximum absolute atomic E-state index is 12.1. The molecule has 0 bridgehead atoms. The molecular weight excluding hydrogens is 346 g/mol. The molecule has 8 heteroatoms. The quantitative estimate of drug-likeness (QED) is 0.747. The number of nitrogens with one attached hydrogen (secondary N) is 2. The Bertz CT molecular complexity index is 807. The number of aryl methyl sites for hydroxylation is 2. The fourth-order valence-electron chi connectivity index (χ4n) is 3.41. The third-order valence-electron chi connectivity index (χ3n) is 4.90. The minimum absolute atomic E-state index is 0.0344. The maximum atomic E-state index is 12.1. The number of carbonyl (C=O) groups excluding carboxylic acids is 1. The van der Waals surface area contributed by atoms with E-state index < -0.39 is 5.97 Å². The van der Waals surface area contributed by atoms with Crippen LogP contribution < -0.4 is 10.6 Å². The van der Waals surface area contributed by atoms with E-state index in [1.165, 1.54) is 0 Å². The molecule has 0 aliphatic heterocycles. The summed E-state index contributed by atoms with van der Waals surface area (Å²) in [6, 6.07) is 5.58. The molecule has 3 rings (SSSR count). The summed E-state index contributed by atoms with van der Waals surface area (Å²) in [7, 11) is 0. The van der Waals surface area contributed by atoms with Gasteiger partial charge in [-0.2, -0.15) is 5.10 Å². The number of rotatable bonds is 5. The van der Waals surface area contributed by atoms with Crippen molar-refractivity contribution in [3.8, 4) is 5.82 Å². The predicted molar refractivity (Wildman–Crippen MR) is 99.6 cm³/mol. The lowest BCUT2D eigenvalue weighted by molar-refractivity contribution is -0.142. The molecule has 144 valence electrons. The molecule has 8 nitrogen and oxygen atoms in total. The average molecular weight is 371 g/mol. The Morgan fingerprint density at radius 1 is 1.22 bits per heavy atom. The van der Waals surface area contributed by atoms with Crippen molar-refractivity contribution in [1.29, 1.82) is 0 Å². The van der Waals surface area contributed by atoms with E-state index in [0.717, 1.165) is 22.8 Å². The molecule has 2 heterocycles. The Hall–Kier alpha value is -2.90. The Labute approximate surface area is 158 Å². The van der Waals surface area contributed by atoms with Crippen molar-refractivity contribution in [3.63, 3.8) is 0 Å². The molecule has 0 spiro atoms. The van der Waals surface area contributed by atoms with Crippen molar-refractivity contribution in [2.75, 3.05) is 0 Å². The first-order chi connectivity index (χ1) is 12.9. The summed E-state index contributed by atoms with van der Waals surface area (Å²) < 4.78 is 1.78. The van der Waals surface area contributed by atoms with Gasteiger partial charge in [0.2, 0.25) is 0 Å². The van der Waals surface area contributed by atoms with Gasteiger partial charge in [-0.05, 0) is 57.2 Å². The number of aliphatic carboxylic acids is 1. The molecule has 27 heavy (non-hydrogen) atoms. The Morgan fingerprint density at radius 2 is 1.96 bits per heavy atom. The van der Waals surface area contributed by atoms with Gasteiger partial charge in [0, 0.05) is 24.5 Å². The zero-order valence-electron chi connectivity index (χ0n) is 15.6. The molecule has 0 aromatic carbocycles. The van der Waals surface area contributed by atoms with Gasteiger partial charge < -0.3 is 15.7 Å². The molecule has 0 saturated heterocycles. The number of urea groups is 1. The van der Waals surface area contributed by atoms with Crippen LogP contribution in [0.3, 0.4) is 0 Å². The van der Waals surface area contributed by atoms with Gasteiger partial charge >= 0.3 is 12.0 Å². The van der Waals surface area contributed by atoms with Gasteiger partial charge in [0.25, 0.3) is 0 Å². The Kier molecular flexibility index (Phi) is 5.73. The largest absolute Gasteiger partial charge is 0.481 e. The van der Waals surface area contributed by atoms with Gasteiger partial charge in [-0.15, -0.1) is 0 Å². The normalized spacial score (nSPS) is 19.5. The highest BCUT2D eigenvalue weighted by atomic mass is 16.4. The summed E-state index contributed by atoms with van der Waals surface area (Å²) in [5.74, 6) is -0.281. The Morgan fingerprint density at radius 3 is 2.52 bits per heavy atom. The Balaban J connectivity index is 1.47. The second-order valence-corrected chi connectivity index (χ2v) is 7.08. The molecule has 2 amide bonds. The van der Waals surface area contributed by atoms with Crippen LogP contribution in [0, 0.1) is 19.8 Å². The smallest absolute Gasteiger partial charge is 0.315 e. The van der Waals surface area contributed by atoms with Crippen LogP contribution in [0.25, 0.3) is 5.82 Å². The number of hydrogen-bond donors (Lipinski definition) is 3. The SMILES string of the molecule is Cc1cc(C)n(-c2ccc(CNC(=O)NC3CCC(C(=O)O)CC3)cn2)n1. The monoisotopic (exact) mass is 371 g/mol. The minimum atomic E-state index is -0.741. The standard InChI is InChI=1S/C19H25N5O3/c1-12-9-13(2)24(23-12)17-8-3-14(10-20-17)11-21-19(27)22-16-6-4-15(5-7-16)18(25)26/h3,8-10,15-16H,4-7,11H2,1-2H3,(H,25,26)(H2,21,22,27). The van der Waals surface area contributed by atoms with Gasteiger partial charge in [-0.1, -0.05) is 6.07 Å². The molecule has 2 aromatic rings. The summed E-state index contributed by atoms with van der Waals surface area (Å²) in [5, 5.41) is 19.2. The van der Waals surface area contributed by atoms with Crippen LogP contribution in [0.5, 0.6) is 0 Å². The van der Waals surface area contributed by atoms with Crippen molar-refractivity contribution in [1.82, 2.24) is 25.4 Å². The molecule has 1 saturated carbocycles. The van der Waals surface area contributed by atoms with Crippen molar-refractivity contribution in [3.05, 3.63) is 41.3 Å². The topological polar surface area (TPSA) is 109 Å². The summed E-state index contributed by atoms with van der Waals surface area (Å²) >= 11 is 0. The second-order valence-electron chi connectivity index (χ2n) is 7.08.